The van der Waals surface area contributed by atoms with Gasteiger partial charge in [0.25, 0.3) is 0 Å². The van der Waals surface area contributed by atoms with Crippen LogP contribution in [0.25, 0.3) is 11.6 Å². The van der Waals surface area contributed by atoms with Crippen LogP contribution in [0.15, 0.2) is 97.1 Å². The van der Waals surface area contributed by atoms with E-state index in [1.165, 1.54) is 11.1 Å². The first-order valence-electron chi connectivity index (χ1n) is 8.59. The fourth-order valence-electron chi connectivity index (χ4n) is 2.75. The van der Waals surface area contributed by atoms with Crippen molar-refractivity contribution in [1.82, 2.24) is 0 Å². The molecule has 0 saturated carbocycles. The first kappa shape index (κ1) is 16.8. The van der Waals surface area contributed by atoms with Crippen molar-refractivity contribution in [2.75, 3.05) is 6.61 Å². The van der Waals surface area contributed by atoms with E-state index in [4.69, 9.17) is 4.74 Å². The lowest BCUT2D eigenvalue weighted by molar-refractivity contribution is 0.339. The number of rotatable bonds is 6. The molecule has 0 aromatic heterocycles. The summed E-state index contributed by atoms with van der Waals surface area (Å²) in [5, 5.41) is 0. The van der Waals surface area contributed by atoms with Crippen LogP contribution >= 0.6 is 0 Å². The van der Waals surface area contributed by atoms with E-state index >= 15 is 0 Å². The van der Waals surface area contributed by atoms with Gasteiger partial charge in [0.05, 0.1) is 6.61 Å². The Hall–Kier alpha value is -3.06. The van der Waals surface area contributed by atoms with Crippen LogP contribution in [0.2, 0.25) is 0 Å². The monoisotopic (exact) mass is 326 g/mol. The van der Waals surface area contributed by atoms with Gasteiger partial charge < -0.3 is 4.74 Å². The Labute approximate surface area is 149 Å². The second-order valence-corrected chi connectivity index (χ2v) is 5.65. The third-order valence-corrected chi connectivity index (χ3v) is 3.91. The van der Waals surface area contributed by atoms with Crippen LogP contribution in [0.3, 0.4) is 0 Å². The smallest absolute Gasteiger partial charge is 0.127 e. The molecule has 0 saturated heterocycles. The van der Waals surface area contributed by atoms with Crippen LogP contribution in [-0.4, -0.2) is 6.61 Å². The summed E-state index contributed by atoms with van der Waals surface area (Å²) in [5.41, 5.74) is 4.61. The van der Waals surface area contributed by atoms with E-state index in [-0.39, 0.29) is 0 Å². The minimum atomic E-state index is 0.652. The van der Waals surface area contributed by atoms with Gasteiger partial charge in [0.2, 0.25) is 0 Å². The highest BCUT2D eigenvalue weighted by atomic mass is 16.5. The second-order valence-electron chi connectivity index (χ2n) is 5.65. The van der Waals surface area contributed by atoms with E-state index in [0.717, 1.165) is 16.9 Å². The topological polar surface area (TPSA) is 9.23 Å². The highest BCUT2D eigenvalue weighted by Gasteiger charge is 2.09. The number of allylic oxidation sites excluding steroid dienone is 2. The van der Waals surface area contributed by atoms with Crippen LogP contribution in [0.5, 0.6) is 5.75 Å². The van der Waals surface area contributed by atoms with Gasteiger partial charge in [-0.3, -0.25) is 0 Å². The summed E-state index contributed by atoms with van der Waals surface area (Å²) in [6.07, 6.45) is 6.37. The summed E-state index contributed by atoms with van der Waals surface area (Å²) in [4.78, 5) is 0. The van der Waals surface area contributed by atoms with Crippen molar-refractivity contribution in [3.8, 4) is 5.75 Å². The molecular formula is C24H22O. The first-order valence-corrected chi connectivity index (χ1v) is 8.59. The zero-order chi connectivity index (χ0) is 17.3. The molecule has 25 heavy (non-hydrogen) atoms. The van der Waals surface area contributed by atoms with Gasteiger partial charge in [0.15, 0.2) is 0 Å². The molecule has 0 N–H and O–H groups in total. The average Bonchev–Trinajstić information content (AvgIpc) is 2.68. The van der Waals surface area contributed by atoms with Gasteiger partial charge in [-0.1, -0.05) is 97.1 Å². The Morgan fingerprint density at radius 3 is 2.16 bits per heavy atom. The van der Waals surface area contributed by atoms with Gasteiger partial charge in [0, 0.05) is 5.56 Å². The summed E-state index contributed by atoms with van der Waals surface area (Å²) >= 11 is 0. The predicted molar refractivity (Wildman–Crippen MR) is 107 cm³/mol. The number of para-hydroxylation sites is 1. The van der Waals surface area contributed by atoms with E-state index in [1.807, 2.05) is 43.3 Å². The van der Waals surface area contributed by atoms with Crippen LogP contribution < -0.4 is 4.74 Å². The largest absolute Gasteiger partial charge is 0.493 e. The molecule has 0 aliphatic carbocycles. The highest BCUT2D eigenvalue weighted by molar-refractivity contribution is 5.84. The molecule has 0 atom stereocenters. The lowest BCUT2D eigenvalue weighted by Crippen LogP contribution is -1.97. The average molecular weight is 326 g/mol. The molecule has 0 aliphatic rings. The van der Waals surface area contributed by atoms with Crippen molar-refractivity contribution in [1.29, 1.82) is 0 Å². The lowest BCUT2D eigenvalue weighted by atomic mass is 9.96. The maximum atomic E-state index is 5.84. The Balaban J connectivity index is 2.02. The summed E-state index contributed by atoms with van der Waals surface area (Å²) in [6, 6.07) is 28.9. The third kappa shape index (κ3) is 4.48. The minimum Gasteiger partial charge on any atom is -0.493 e. The molecular weight excluding hydrogens is 304 g/mol. The Bertz CT molecular complexity index is 846. The molecule has 1 nitrogen and oxygen atoms in total. The standard InChI is InChI=1S/C24H22O/c1-2-25-24-19-10-9-17-23(24)22(21-15-7-4-8-16-21)18-11-14-20-12-5-3-6-13-20/h3-19H,2H2,1H3. The van der Waals surface area contributed by atoms with E-state index in [9.17, 15) is 0 Å². The van der Waals surface area contributed by atoms with Gasteiger partial charge in [-0.05, 0) is 29.7 Å². The quantitative estimate of drug-likeness (QED) is 0.488. The van der Waals surface area contributed by atoms with Crippen molar-refractivity contribution in [2.24, 2.45) is 0 Å². The summed E-state index contributed by atoms with van der Waals surface area (Å²) in [6.45, 7) is 2.66. The molecule has 0 aliphatic heterocycles. The van der Waals surface area contributed by atoms with Crippen molar-refractivity contribution in [3.05, 3.63) is 114 Å². The second kappa shape index (κ2) is 8.70. The summed E-state index contributed by atoms with van der Waals surface area (Å²) in [7, 11) is 0. The van der Waals surface area contributed by atoms with Crippen molar-refractivity contribution in [2.45, 2.75) is 6.92 Å². The molecule has 0 unspecified atom stereocenters. The zero-order valence-electron chi connectivity index (χ0n) is 14.4. The highest BCUT2D eigenvalue weighted by Crippen LogP contribution is 2.31. The first-order chi connectivity index (χ1) is 12.4. The number of ether oxygens (including phenoxy) is 1. The SMILES string of the molecule is CCOc1ccccc1C(=CC=Cc1ccccc1)c1ccccc1. The van der Waals surface area contributed by atoms with Crippen LogP contribution in [-0.2, 0) is 0 Å². The maximum Gasteiger partial charge on any atom is 0.127 e. The molecule has 0 fully saturated rings. The fourth-order valence-corrected chi connectivity index (χ4v) is 2.75. The number of hydrogen-bond donors (Lipinski definition) is 0. The molecule has 0 radical (unpaired) electrons. The molecule has 3 rings (SSSR count). The molecule has 0 amide bonds. The van der Waals surface area contributed by atoms with Crippen molar-refractivity contribution in [3.63, 3.8) is 0 Å². The Kier molecular flexibility index (Phi) is 5.84. The molecule has 3 aromatic rings. The zero-order valence-corrected chi connectivity index (χ0v) is 14.4. The third-order valence-electron chi connectivity index (χ3n) is 3.91. The van der Waals surface area contributed by atoms with Gasteiger partial charge >= 0.3 is 0 Å². The van der Waals surface area contributed by atoms with E-state index in [2.05, 4.69) is 66.8 Å². The lowest BCUT2D eigenvalue weighted by Gasteiger charge is -2.13. The molecule has 124 valence electrons. The van der Waals surface area contributed by atoms with Crippen molar-refractivity contribution < 1.29 is 4.74 Å². The molecule has 0 bridgehead atoms. The van der Waals surface area contributed by atoms with Crippen molar-refractivity contribution >= 4 is 11.6 Å². The van der Waals surface area contributed by atoms with E-state index < -0.39 is 0 Å². The fraction of sp³-hybridized carbons (Fsp3) is 0.0833. The molecule has 0 heterocycles. The normalized spacial score (nSPS) is 11.6. The molecule has 3 aromatic carbocycles. The van der Waals surface area contributed by atoms with Gasteiger partial charge in [-0.25, -0.2) is 0 Å². The number of benzene rings is 3. The van der Waals surface area contributed by atoms with E-state index in [1.54, 1.807) is 0 Å². The molecule has 0 spiro atoms. The predicted octanol–water partition coefficient (Wildman–Crippen LogP) is 6.23. The summed E-state index contributed by atoms with van der Waals surface area (Å²) < 4.78 is 5.84. The van der Waals surface area contributed by atoms with E-state index in [0.29, 0.717) is 6.61 Å². The maximum absolute atomic E-state index is 5.84. The van der Waals surface area contributed by atoms with Crippen LogP contribution in [0.4, 0.5) is 0 Å². The minimum absolute atomic E-state index is 0.652. The van der Waals surface area contributed by atoms with Crippen LogP contribution in [0, 0.1) is 0 Å². The van der Waals surface area contributed by atoms with Gasteiger partial charge in [-0.2, -0.15) is 0 Å². The van der Waals surface area contributed by atoms with Gasteiger partial charge in [-0.15, -0.1) is 0 Å². The van der Waals surface area contributed by atoms with Gasteiger partial charge in [0.1, 0.15) is 5.75 Å². The summed E-state index contributed by atoms with van der Waals surface area (Å²) in [5.74, 6) is 0.910. The molecule has 1 heteroatoms. The number of hydrogen-bond acceptors (Lipinski definition) is 1. The Morgan fingerprint density at radius 1 is 0.800 bits per heavy atom. The van der Waals surface area contributed by atoms with Crippen LogP contribution in [0.1, 0.15) is 23.6 Å². The Morgan fingerprint density at radius 2 is 1.44 bits per heavy atom.